The van der Waals surface area contributed by atoms with Gasteiger partial charge in [-0.1, -0.05) is 30.3 Å². The minimum Gasteiger partial charge on any atom is -0.465 e. The first-order valence-corrected chi connectivity index (χ1v) is 5.79. The van der Waals surface area contributed by atoms with Crippen molar-refractivity contribution in [3.63, 3.8) is 0 Å². The van der Waals surface area contributed by atoms with E-state index in [1.165, 1.54) is 0 Å². The van der Waals surface area contributed by atoms with E-state index < -0.39 is 18.1 Å². The lowest BCUT2D eigenvalue weighted by Gasteiger charge is -2.17. The smallest absolute Gasteiger partial charge is 0.325 e. The third-order valence-corrected chi connectivity index (χ3v) is 2.54. The third kappa shape index (κ3) is 4.54. The van der Waals surface area contributed by atoms with Crippen molar-refractivity contribution in [2.75, 3.05) is 6.61 Å². The summed E-state index contributed by atoms with van der Waals surface area (Å²) in [4.78, 5) is 11.3. The Morgan fingerprint density at radius 2 is 2.06 bits per heavy atom. The minimum atomic E-state index is -0.960. The highest BCUT2D eigenvalue weighted by molar-refractivity contribution is 5.76. The molecule has 1 aromatic carbocycles. The van der Waals surface area contributed by atoms with E-state index in [1.54, 1.807) is 6.92 Å². The Balaban J connectivity index is 2.39. The highest BCUT2D eigenvalue weighted by Gasteiger charge is 2.23. The Morgan fingerprint density at radius 3 is 2.65 bits per heavy atom. The molecule has 0 aliphatic carbocycles. The van der Waals surface area contributed by atoms with Crippen LogP contribution in [0.15, 0.2) is 30.3 Å². The van der Waals surface area contributed by atoms with Gasteiger partial charge in [0.25, 0.3) is 0 Å². The summed E-state index contributed by atoms with van der Waals surface area (Å²) in [5.74, 6) is -0.548. The summed E-state index contributed by atoms with van der Waals surface area (Å²) < 4.78 is 4.75. The number of carbonyl (C=O) groups is 1. The number of hydrogen-bond acceptors (Lipinski definition) is 4. The zero-order valence-electron chi connectivity index (χ0n) is 10.0. The van der Waals surface area contributed by atoms with Crippen molar-refractivity contribution in [3.05, 3.63) is 35.9 Å². The number of aliphatic hydroxyl groups excluding tert-OH is 1. The van der Waals surface area contributed by atoms with Gasteiger partial charge in [0.2, 0.25) is 0 Å². The quantitative estimate of drug-likeness (QED) is 0.720. The fraction of sp³-hybridized carbons (Fsp3) is 0.462. The van der Waals surface area contributed by atoms with Gasteiger partial charge in [-0.2, -0.15) is 0 Å². The van der Waals surface area contributed by atoms with Crippen molar-refractivity contribution in [1.29, 1.82) is 0 Å². The van der Waals surface area contributed by atoms with Gasteiger partial charge in [-0.3, -0.25) is 4.79 Å². The molecule has 0 radical (unpaired) electrons. The molecule has 0 saturated carbocycles. The van der Waals surface area contributed by atoms with Crippen LogP contribution in [0.1, 0.15) is 18.9 Å². The summed E-state index contributed by atoms with van der Waals surface area (Å²) in [6.07, 6.45) is 0.272. The molecule has 0 fully saturated rings. The fourth-order valence-electron chi connectivity index (χ4n) is 1.53. The molecule has 3 N–H and O–H groups in total. The highest BCUT2D eigenvalue weighted by atomic mass is 16.5. The molecule has 94 valence electrons. The topological polar surface area (TPSA) is 72.5 Å². The van der Waals surface area contributed by atoms with Crippen LogP contribution in [0.4, 0.5) is 0 Å². The molecule has 0 amide bonds. The molecule has 1 rings (SSSR count). The molecular weight excluding hydrogens is 218 g/mol. The van der Waals surface area contributed by atoms with E-state index in [0.29, 0.717) is 12.8 Å². The summed E-state index contributed by atoms with van der Waals surface area (Å²) in [5, 5.41) is 9.75. The molecule has 17 heavy (non-hydrogen) atoms. The van der Waals surface area contributed by atoms with Gasteiger partial charge in [0.15, 0.2) is 0 Å². The maximum atomic E-state index is 11.3. The van der Waals surface area contributed by atoms with E-state index in [9.17, 15) is 9.90 Å². The molecule has 2 atom stereocenters. The van der Waals surface area contributed by atoms with Gasteiger partial charge < -0.3 is 15.6 Å². The molecule has 0 aromatic heterocycles. The van der Waals surface area contributed by atoms with Crippen molar-refractivity contribution in [2.24, 2.45) is 5.73 Å². The largest absolute Gasteiger partial charge is 0.465 e. The Morgan fingerprint density at radius 1 is 1.41 bits per heavy atom. The number of carbonyl (C=O) groups excluding carboxylic acids is 1. The zero-order valence-corrected chi connectivity index (χ0v) is 10.0. The van der Waals surface area contributed by atoms with E-state index >= 15 is 0 Å². The first-order chi connectivity index (χ1) is 8.15. The molecule has 4 heteroatoms. The summed E-state index contributed by atoms with van der Waals surface area (Å²) in [6.45, 7) is 1.99. The molecular formula is C13H19NO3. The van der Waals surface area contributed by atoms with Crippen LogP contribution in [0.25, 0.3) is 0 Å². The number of aryl methyl sites for hydroxylation is 1. The number of nitrogens with two attached hydrogens (primary N) is 1. The van der Waals surface area contributed by atoms with Crippen LogP contribution in [0.3, 0.4) is 0 Å². The second kappa shape index (κ2) is 7.04. The Hall–Kier alpha value is -1.39. The van der Waals surface area contributed by atoms with Gasteiger partial charge in [-0.15, -0.1) is 0 Å². The van der Waals surface area contributed by atoms with Gasteiger partial charge in [-0.05, 0) is 25.3 Å². The van der Waals surface area contributed by atoms with Crippen LogP contribution < -0.4 is 5.73 Å². The van der Waals surface area contributed by atoms with Crippen molar-refractivity contribution in [3.8, 4) is 0 Å². The van der Waals surface area contributed by atoms with Crippen LogP contribution in [0, 0.1) is 0 Å². The van der Waals surface area contributed by atoms with Gasteiger partial charge >= 0.3 is 5.97 Å². The van der Waals surface area contributed by atoms with Crippen molar-refractivity contribution < 1.29 is 14.6 Å². The van der Waals surface area contributed by atoms with E-state index in [-0.39, 0.29) is 6.61 Å². The van der Waals surface area contributed by atoms with Crippen LogP contribution in [-0.4, -0.2) is 29.8 Å². The van der Waals surface area contributed by atoms with Crippen LogP contribution >= 0.6 is 0 Å². The second-order valence-corrected chi connectivity index (χ2v) is 3.87. The lowest BCUT2D eigenvalue weighted by atomic mass is 10.0. The second-order valence-electron chi connectivity index (χ2n) is 3.87. The zero-order chi connectivity index (χ0) is 12.7. The molecule has 0 saturated heterocycles. The average molecular weight is 237 g/mol. The molecule has 1 aromatic rings. The Bertz CT molecular complexity index is 340. The monoisotopic (exact) mass is 237 g/mol. The summed E-state index contributed by atoms with van der Waals surface area (Å²) in [7, 11) is 0. The van der Waals surface area contributed by atoms with E-state index in [1.807, 2.05) is 30.3 Å². The lowest BCUT2D eigenvalue weighted by molar-refractivity contribution is -0.147. The standard InChI is InChI=1S/C13H19NO3/c1-2-17-13(16)12(14)11(15)9-8-10-6-4-3-5-7-10/h3-7,11-12,15H,2,8-9,14H2,1H3. The Kier molecular flexibility index (Phi) is 5.66. The van der Waals surface area contributed by atoms with E-state index in [0.717, 1.165) is 5.56 Å². The van der Waals surface area contributed by atoms with Crippen molar-refractivity contribution in [1.82, 2.24) is 0 Å². The molecule has 0 spiro atoms. The number of rotatable bonds is 6. The number of hydrogen-bond donors (Lipinski definition) is 2. The van der Waals surface area contributed by atoms with Crippen molar-refractivity contribution >= 4 is 5.97 Å². The Labute approximate surface area is 101 Å². The maximum absolute atomic E-state index is 11.3. The van der Waals surface area contributed by atoms with Gasteiger partial charge in [0.1, 0.15) is 6.04 Å². The van der Waals surface area contributed by atoms with Gasteiger partial charge in [0.05, 0.1) is 12.7 Å². The third-order valence-electron chi connectivity index (χ3n) is 2.54. The van der Waals surface area contributed by atoms with Crippen LogP contribution in [-0.2, 0) is 16.0 Å². The summed E-state index contributed by atoms with van der Waals surface area (Å²) in [5.41, 5.74) is 6.70. The maximum Gasteiger partial charge on any atom is 0.325 e. The minimum absolute atomic E-state index is 0.276. The number of aliphatic hydroxyl groups is 1. The van der Waals surface area contributed by atoms with Crippen LogP contribution in [0.2, 0.25) is 0 Å². The van der Waals surface area contributed by atoms with E-state index in [2.05, 4.69) is 0 Å². The predicted molar refractivity (Wildman–Crippen MR) is 65.4 cm³/mol. The molecule has 0 heterocycles. The fourth-order valence-corrected chi connectivity index (χ4v) is 1.53. The molecule has 2 unspecified atom stereocenters. The molecule has 4 nitrogen and oxygen atoms in total. The SMILES string of the molecule is CCOC(=O)C(N)C(O)CCc1ccccc1. The number of benzene rings is 1. The normalized spacial score (nSPS) is 14.1. The average Bonchev–Trinajstić information content (AvgIpc) is 2.36. The molecule has 0 bridgehead atoms. The number of ether oxygens (including phenoxy) is 1. The van der Waals surface area contributed by atoms with Crippen LogP contribution in [0.5, 0.6) is 0 Å². The lowest BCUT2D eigenvalue weighted by Crippen LogP contribution is -2.43. The predicted octanol–water partition coefficient (Wildman–Crippen LogP) is 0.870. The summed E-state index contributed by atoms with van der Waals surface area (Å²) >= 11 is 0. The number of esters is 1. The molecule has 0 aliphatic heterocycles. The first-order valence-electron chi connectivity index (χ1n) is 5.79. The first kappa shape index (κ1) is 13.7. The van der Waals surface area contributed by atoms with Crippen molar-refractivity contribution in [2.45, 2.75) is 31.9 Å². The summed E-state index contributed by atoms with van der Waals surface area (Å²) in [6, 6.07) is 8.80. The van der Waals surface area contributed by atoms with Gasteiger partial charge in [0, 0.05) is 0 Å². The van der Waals surface area contributed by atoms with E-state index in [4.69, 9.17) is 10.5 Å². The van der Waals surface area contributed by atoms with Gasteiger partial charge in [-0.25, -0.2) is 0 Å². The molecule has 0 aliphatic rings. The highest BCUT2D eigenvalue weighted by Crippen LogP contribution is 2.07.